The van der Waals surface area contributed by atoms with Gasteiger partial charge >= 0.3 is 24.4 Å². The molecule has 0 bridgehead atoms. The molecule has 0 rings (SSSR count). The van der Waals surface area contributed by atoms with Gasteiger partial charge in [0.25, 0.3) is 0 Å². The molecule has 0 saturated carbocycles. The zero-order chi connectivity index (χ0) is 34.0. The maximum absolute atomic E-state index is 6.23. The van der Waals surface area contributed by atoms with Crippen LogP contribution in [0.25, 0.3) is 0 Å². The Hall–Kier alpha value is 1.11. The Labute approximate surface area is 327 Å². The molecule has 299 valence electrons. The van der Waals surface area contributed by atoms with E-state index in [1.54, 1.807) is 20.1 Å². The molecule has 1 unspecified atom stereocenters. The standard InChI is InChI=1S/C41H85NO2.2ClH.H2N.Pt/c1-4-6-8-10-12-14-16-18-20-22-24-26-28-30-32-34-36-43-38-41(40(3)42)39-44-37-35-33-31-29-27-25-23-21-19-17-15-13-11-9-7-5-2;;;;/h40-41H,4-39,42H2,1-3H3;2*1H;1H2;/q;;;-1;+1. The molecule has 0 aromatic heterocycles. The second-order valence-corrected chi connectivity index (χ2v) is 14.4. The van der Waals surface area contributed by atoms with Crippen molar-refractivity contribution in [3.05, 3.63) is 0 Å². The molecule has 4 N–H and O–H groups in total. The Morgan fingerprint density at radius 2 is 0.562 bits per heavy atom. The summed E-state index contributed by atoms with van der Waals surface area (Å²) in [6.45, 7) is 9.94. The SMILES string of the molecule is CCCCCCCCCCCCCCCCCCOCC(COCCCCCCCCCCCCCCCCCC)C(C)N.Cl.Cl.[NH2][Pt]. The number of hydrogen-bond acceptors (Lipinski definition) is 4. The Balaban J connectivity index is -0.00000237. The Morgan fingerprint density at radius 1 is 0.375 bits per heavy atom. The van der Waals surface area contributed by atoms with Crippen molar-refractivity contribution in [1.82, 2.24) is 0 Å². The van der Waals surface area contributed by atoms with Crippen LogP contribution in [0.5, 0.6) is 0 Å². The summed E-state index contributed by atoms with van der Waals surface area (Å²) in [5, 5.41) is 0. The Bertz CT molecular complexity index is 481. The molecule has 0 aromatic carbocycles. The van der Waals surface area contributed by atoms with Gasteiger partial charge in [-0.15, -0.1) is 24.8 Å². The average Bonchev–Trinajstić information content (AvgIpc) is 3.07. The van der Waals surface area contributed by atoms with E-state index < -0.39 is 0 Å². The quantitative estimate of drug-likeness (QED) is 0.0603. The first-order valence-corrected chi connectivity index (χ1v) is 22.1. The zero-order valence-corrected chi connectivity index (χ0v) is 36.6. The molecule has 0 fully saturated rings. The van der Waals surface area contributed by atoms with Gasteiger partial charge in [-0.2, -0.15) is 0 Å². The van der Waals surface area contributed by atoms with Gasteiger partial charge in [-0.3, -0.25) is 0 Å². The summed E-state index contributed by atoms with van der Waals surface area (Å²) < 4.78 is 16.5. The van der Waals surface area contributed by atoms with E-state index in [1.807, 2.05) is 0 Å². The fourth-order valence-electron chi connectivity index (χ4n) is 6.33. The number of unbranched alkanes of at least 4 members (excludes halogenated alkanes) is 30. The van der Waals surface area contributed by atoms with Crippen LogP contribution in [0.1, 0.15) is 226 Å². The van der Waals surface area contributed by atoms with Crippen molar-refractivity contribution in [3.63, 3.8) is 0 Å². The van der Waals surface area contributed by atoms with E-state index in [0.29, 0.717) is 5.92 Å². The third-order valence-corrected chi connectivity index (χ3v) is 9.69. The molecule has 7 heteroatoms. The van der Waals surface area contributed by atoms with Crippen molar-refractivity contribution in [2.75, 3.05) is 26.4 Å². The van der Waals surface area contributed by atoms with Crippen LogP contribution in [0.3, 0.4) is 0 Å². The van der Waals surface area contributed by atoms with Crippen molar-refractivity contribution in [1.29, 1.82) is 0 Å². The average molecular weight is 908 g/mol. The molecular weight excluding hydrogens is 818 g/mol. The molecule has 0 saturated heterocycles. The molecule has 0 radical (unpaired) electrons. The first-order valence-electron chi connectivity index (χ1n) is 20.8. The molecule has 48 heavy (non-hydrogen) atoms. The van der Waals surface area contributed by atoms with E-state index in [1.165, 1.54) is 205 Å². The zero-order valence-electron chi connectivity index (χ0n) is 32.7. The van der Waals surface area contributed by atoms with Crippen molar-refractivity contribution in [2.24, 2.45) is 15.9 Å². The molecule has 4 nitrogen and oxygen atoms in total. The summed E-state index contributed by atoms with van der Waals surface area (Å²) in [7, 11) is 0. The van der Waals surface area contributed by atoms with Crippen LogP contribution in [0.4, 0.5) is 0 Å². The molecule has 0 aliphatic heterocycles. The van der Waals surface area contributed by atoms with E-state index in [-0.39, 0.29) is 30.9 Å². The van der Waals surface area contributed by atoms with Crippen molar-refractivity contribution in [2.45, 2.75) is 232 Å². The monoisotopic (exact) mass is 907 g/mol. The van der Waals surface area contributed by atoms with Gasteiger partial charge in [0.05, 0.1) is 13.2 Å². The maximum atomic E-state index is 6.23. The summed E-state index contributed by atoms with van der Waals surface area (Å²) in [5.74, 6) is 0.317. The van der Waals surface area contributed by atoms with Crippen LogP contribution in [-0.4, -0.2) is 32.5 Å². The fourth-order valence-corrected chi connectivity index (χ4v) is 6.33. The molecule has 0 heterocycles. The summed E-state index contributed by atoms with van der Waals surface area (Å²) in [6.07, 6.45) is 45.0. The van der Waals surface area contributed by atoms with E-state index in [2.05, 4.69) is 25.1 Å². The second-order valence-electron chi connectivity index (χ2n) is 14.4. The summed E-state index contributed by atoms with van der Waals surface area (Å²) in [6, 6.07) is 0.131. The topological polar surface area (TPSA) is 70.5 Å². The minimum absolute atomic E-state index is 0. The Kier molecular flexibility index (Phi) is 61.1. The van der Waals surface area contributed by atoms with E-state index >= 15 is 0 Å². The number of hydrogen-bond donors (Lipinski definition) is 2. The third-order valence-electron chi connectivity index (χ3n) is 9.69. The summed E-state index contributed by atoms with van der Waals surface area (Å²) >= 11 is 1.64. The summed E-state index contributed by atoms with van der Waals surface area (Å²) in [4.78, 5) is 0. The number of rotatable bonds is 39. The van der Waals surface area contributed by atoms with Gasteiger partial charge in [0.2, 0.25) is 0 Å². The molecule has 0 aliphatic carbocycles. The first kappa shape index (κ1) is 55.9. The van der Waals surface area contributed by atoms with Crippen LogP contribution in [-0.2, 0) is 29.5 Å². The number of ether oxygens (including phenoxy) is 2. The van der Waals surface area contributed by atoms with Gasteiger partial charge in [-0.25, -0.2) is 0 Å². The number of halogens is 2. The van der Waals surface area contributed by atoms with Crippen molar-refractivity contribution in [3.8, 4) is 0 Å². The van der Waals surface area contributed by atoms with Gasteiger partial charge in [-0.1, -0.05) is 206 Å². The molecule has 0 spiro atoms. The van der Waals surface area contributed by atoms with Crippen LogP contribution in [0.2, 0.25) is 0 Å². The van der Waals surface area contributed by atoms with Gasteiger partial charge in [0.15, 0.2) is 0 Å². The second kappa shape index (κ2) is 52.5. The predicted molar refractivity (Wildman–Crippen MR) is 217 cm³/mol. The summed E-state index contributed by atoms with van der Waals surface area (Å²) in [5.41, 5.74) is 6.23. The molecule has 1 atom stereocenters. The van der Waals surface area contributed by atoms with Crippen LogP contribution in [0.15, 0.2) is 0 Å². The first-order chi connectivity index (χ1) is 22.7. The predicted octanol–water partition coefficient (Wildman–Crippen LogP) is 13.8. The van der Waals surface area contributed by atoms with Crippen molar-refractivity contribution >= 4 is 24.8 Å². The van der Waals surface area contributed by atoms with Crippen molar-refractivity contribution < 1.29 is 29.5 Å². The van der Waals surface area contributed by atoms with E-state index in [9.17, 15) is 0 Å². The normalized spacial score (nSPS) is 11.6. The number of nitrogens with two attached hydrogens (primary N) is 2. The van der Waals surface area contributed by atoms with Crippen LogP contribution < -0.4 is 10.0 Å². The minimum atomic E-state index is 0. The van der Waals surface area contributed by atoms with Gasteiger partial charge in [-0.05, 0) is 19.8 Å². The fraction of sp³-hybridized carbons (Fsp3) is 1.00. The molecular formula is C41H89Cl2N2O2Pt. The van der Waals surface area contributed by atoms with Crippen LogP contribution >= 0.6 is 24.8 Å². The molecule has 0 aliphatic rings. The van der Waals surface area contributed by atoms with Gasteiger partial charge in [0, 0.05) is 25.2 Å². The van der Waals surface area contributed by atoms with E-state index in [0.717, 1.165) is 26.4 Å². The van der Waals surface area contributed by atoms with E-state index in [4.69, 9.17) is 15.2 Å². The van der Waals surface area contributed by atoms with Crippen LogP contribution in [0, 0.1) is 5.92 Å². The third kappa shape index (κ3) is 49.2. The van der Waals surface area contributed by atoms with Gasteiger partial charge < -0.3 is 15.2 Å². The van der Waals surface area contributed by atoms with Gasteiger partial charge in [0.1, 0.15) is 0 Å². The molecule has 0 amide bonds. The Morgan fingerprint density at radius 3 is 0.750 bits per heavy atom. The molecule has 0 aromatic rings.